The van der Waals surface area contributed by atoms with Crippen molar-refractivity contribution in [3.05, 3.63) is 18.7 Å². The van der Waals surface area contributed by atoms with Crippen molar-refractivity contribution in [3.8, 4) is 0 Å². The summed E-state index contributed by atoms with van der Waals surface area (Å²) in [6.45, 7) is 0. The minimum atomic E-state index is 0.148. The van der Waals surface area contributed by atoms with Gasteiger partial charge in [-0.2, -0.15) is 5.10 Å². The van der Waals surface area contributed by atoms with Crippen LogP contribution in [0.1, 0.15) is 1.37 Å². The van der Waals surface area contributed by atoms with Crippen LogP contribution < -0.4 is 0 Å². The lowest BCUT2D eigenvalue weighted by atomic mass is 10.9. The highest BCUT2D eigenvalue weighted by Crippen LogP contribution is 1.59. The first-order valence-corrected chi connectivity index (χ1v) is 1.49. The van der Waals surface area contributed by atoms with E-state index in [1.54, 1.807) is 0 Å². The van der Waals surface area contributed by atoms with Crippen molar-refractivity contribution in [2.45, 2.75) is 0 Å². The highest BCUT2D eigenvalue weighted by Gasteiger charge is 1.60. The van der Waals surface area contributed by atoms with E-state index in [0.717, 1.165) is 0 Å². The van der Waals surface area contributed by atoms with Crippen molar-refractivity contribution < 1.29 is 1.37 Å². The molecule has 1 aromatic rings. The number of aromatic nitrogens is 3. The van der Waals surface area contributed by atoms with E-state index in [1.165, 1.54) is 12.5 Å². The Labute approximate surface area is 36.5 Å². The van der Waals surface area contributed by atoms with E-state index in [0.29, 0.717) is 0 Å². The smallest absolute Gasteiger partial charge is 0.138 e. The van der Waals surface area contributed by atoms with Gasteiger partial charge < -0.3 is 0 Å². The molecule has 0 bridgehead atoms. The summed E-state index contributed by atoms with van der Waals surface area (Å²) in [5.74, 6) is 0. The molecule has 0 N–H and O–H groups in total. The third-order valence-corrected chi connectivity index (χ3v) is 0.366. The summed E-state index contributed by atoms with van der Waals surface area (Å²) in [4.78, 5) is 3.47. The fourth-order valence-corrected chi connectivity index (χ4v) is 0.181. The van der Waals surface area contributed by atoms with Crippen LogP contribution in [0.4, 0.5) is 0 Å². The molecule has 0 aliphatic heterocycles. The molecule has 1 aromatic heterocycles. The van der Waals surface area contributed by atoms with E-state index >= 15 is 0 Å². The van der Waals surface area contributed by atoms with E-state index in [-0.39, 0.29) is 6.17 Å². The molecule has 0 spiro atoms. The number of hydrogen-bond donors (Lipinski definition) is 0. The number of hydrogen-bond acceptors (Lipinski definition) is 3. The third-order valence-electron chi connectivity index (χ3n) is 0.366. The average Bonchev–Trinajstić information content (AvgIpc) is 1.69. The van der Waals surface area contributed by atoms with E-state index in [9.17, 15) is 0 Å². The molecule has 1 heterocycles. The summed E-state index contributed by atoms with van der Waals surface area (Å²) < 4.78 is 6.78. The minimum Gasteiger partial charge on any atom is -0.241 e. The zero-order valence-electron chi connectivity index (χ0n) is 4.00. The lowest BCUT2D eigenvalue weighted by Crippen LogP contribution is -1.75. The molecular formula is C3H3N3. The van der Waals surface area contributed by atoms with Gasteiger partial charge in [-0.3, -0.25) is 0 Å². The summed E-state index contributed by atoms with van der Waals surface area (Å²) in [5.41, 5.74) is 0. The quantitative estimate of drug-likeness (QED) is 0.437. The molecule has 1 rings (SSSR count). The third kappa shape index (κ3) is 0.484. The van der Waals surface area contributed by atoms with Crippen molar-refractivity contribution in [3.63, 3.8) is 0 Å². The van der Waals surface area contributed by atoms with E-state index in [4.69, 9.17) is 1.37 Å². The Hall–Kier alpha value is -0.990. The van der Waals surface area contributed by atoms with Gasteiger partial charge in [0.25, 0.3) is 0 Å². The Bertz CT molecular complexity index is 140. The van der Waals surface area contributed by atoms with Crippen LogP contribution in [0.5, 0.6) is 0 Å². The lowest BCUT2D eigenvalue weighted by Gasteiger charge is -1.69. The second-order valence-electron chi connectivity index (χ2n) is 0.734. The fraction of sp³-hybridized carbons (Fsp3) is 0. The molecule has 0 saturated heterocycles. The van der Waals surface area contributed by atoms with Crippen LogP contribution in [0.15, 0.2) is 18.7 Å². The zero-order chi connectivity index (χ0) is 5.11. The number of nitrogens with zero attached hydrogens (tertiary/aromatic N) is 3. The molecule has 0 aliphatic carbocycles. The standard InChI is InChI=1S/C3H3N3/c1-2-5-6-3-4-1/h1-3H/i1D. The van der Waals surface area contributed by atoms with Crippen molar-refractivity contribution in [1.29, 1.82) is 0 Å². The monoisotopic (exact) mass is 82.0 g/mol. The largest absolute Gasteiger partial charge is 0.241 e. The van der Waals surface area contributed by atoms with Gasteiger partial charge in [0, 0.05) is 6.17 Å². The molecule has 30 valence electrons. The second-order valence-corrected chi connectivity index (χ2v) is 0.734. The number of rotatable bonds is 0. The summed E-state index contributed by atoms with van der Waals surface area (Å²) in [5, 5.41) is 6.75. The molecule has 0 unspecified atom stereocenters. The van der Waals surface area contributed by atoms with Gasteiger partial charge in [-0.1, -0.05) is 0 Å². The highest BCUT2D eigenvalue weighted by molar-refractivity contribution is 4.59. The maximum absolute atomic E-state index is 6.78. The lowest BCUT2D eigenvalue weighted by molar-refractivity contribution is 0.969. The molecule has 0 atom stereocenters. The Morgan fingerprint density at radius 3 is 2.83 bits per heavy atom. The van der Waals surface area contributed by atoms with Crippen LogP contribution in [0.3, 0.4) is 0 Å². The first kappa shape index (κ1) is 2.23. The fourth-order valence-electron chi connectivity index (χ4n) is 0.181. The second kappa shape index (κ2) is 1.45. The Balaban J connectivity index is 3.02. The van der Waals surface area contributed by atoms with E-state index in [1.807, 2.05) is 0 Å². The van der Waals surface area contributed by atoms with Gasteiger partial charge in [0.2, 0.25) is 0 Å². The Kier molecular flexibility index (Phi) is 0.538. The maximum Gasteiger partial charge on any atom is 0.138 e. The van der Waals surface area contributed by atoms with Gasteiger partial charge in [0.05, 0.1) is 7.57 Å². The topological polar surface area (TPSA) is 38.7 Å². The van der Waals surface area contributed by atoms with E-state index < -0.39 is 0 Å². The zero-order valence-corrected chi connectivity index (χ0v) is 3.00. The molecule has 0 aromatic carbocycles. The summed E-state index contributed by atoms with van der Waals surface area (Å²) >= 11 is 0. The highest BCUT2D eigenvalue weighted by atomic mass is 15.1. The molecule has 0 saturated carbocycles. The summed E-state index contributed by atoms with van der Waals surface area (Å²) in [6, 6.07) is 0. The van der Waals surface area contributed by atoms with Crippen molar-refractivity contribution in [1.82, 2.24) is 15.2 Å². The molecule has 6 heavy (non-hydrogen) atoms. The SMILES string of the molecule is [2H]c1cnncn1. The first-order chi connectivity index (χ1) is 3.39. The van der Waals surface area contributed by atoms with Crippen LogP contribution in [-0.2, 0) is 0 Å². The maximum atomic E-state index is 6.78. The minimum absolute atomic E-state index is 0.148. The molecular weight excluding hydrogens is 78.1 g/mol. The van der Waals surface area contributed by atoms with Gasteiger partial charge in [0.1, 0.15) is 6.33 Å². The Morgan fingerprint density at radius 2 is 2.50 bits per heavy atom. The van der Waals surface area contributed by atoms with Crippen LogP contribution in [0.25, 0.3) is 0 Å². The van der Waals surface area contributed by atoms with Crippen molar-refractivity contribution in [2.24, 2.45) is 0 Å². The summed E-state index contributed by atoms with van der Waals surface area (Å²) in [6.07, 6.45) is 2.66. The van der Waals surface area contributed by atoms with Gasteiger partial charge >= 0.3 is 0 Å². The van der Waals surface area contributed by atoms with Gasteiger partial charge in [-0.05, 0) is 0 Å². The Morgan fingerprint density at radius 1 is 1.50 bits per heavy atom. The molecule has 0 radical (unpaired) electrons. The van der Waals surface area contributed by atoms with Crippen molar-refractivity contribution in [2.75, 3.05) is 0 Å². The van der Waals surface area contributed by atoms with Gasteiger partial charge in [-0.15, -0.1) is 5.10 Å². The van der Waals surface area contributed by atoms with Gasteiger partial charge in [-0.25, -0.2) is 4.98 Å². The predicted octanol–water partition coefficient (Wildman–Crippen LogP) is -0.128. The normalized spacial score (nSPS) is 10.3. The van der Waals surface area contributed by atoms with Crippen LogP contribution >= 0.6 is 0 Å². The first-order valence-electron chi connectivity index (χ1n) is 1.99. The van der Waals surface area contributed by atoms with Crippen LogP contribution in [-0.4, -0.2) is 15.2 Å². The summed E-state index contributed by atoms with van der Waals surface area (Å²) in [7, 11) is 0. The van der Waals surface area contributed by atoms with Crippen LogP contribution in [0, 0.1) is 0 Å². The molecule has 3 heteroatoms. The molecule has 0 fully saturated rings. The molecule has 0 aliphatic rings. The predicted molar refractivity (Wildman–Crippen MR) is 19.8 cm³/mol. The molecule has 3 nitrogen and oxygen atoms in total. The molecule has 0 amide bonds. The van der Waals surface area contributed by atoms with Crippen LogP contribution in [0.2, 0.25) is 0 Å². The van der Waals surface area contributed by atoms with Gasteiger partial charge in [0.15, 0.2) is 0 Å². The van der Waals surface area contributed by atoms with E-state index in [2.05, 4.69) is 15.2 Å². The van der Waals surface area contributed by atoms with Crippen molar-refractivity contribution >= 4 is 0 Å². The average molecular weight is 82.1 g/mol.